The Morgan fingerprint density at radius 3 is 2.57 bits per heavy atom. The quantitative estimate of drug-likeness (QED) is 0.856. The van der Waals surface area contributed by atoms with Crippen LogP contribution in [0.5, 0.6) is 11.5 Å². The fourth-order valence-electron chi connectivity index (χ4n) is 2.51. The van der Waals surface area contributed by atoms with E-state index in [9.17, 15) is 9.90 Å². The molecule has 2 N–H and O–H groups in total. The first kappa shape index (κ1) is 15.4. The Morgan fingerprint density at radius 1 is 1.30 bits per heavy atom. The zero-order valence-corrected chi connectivity index (χ0v) is 13.0. The van der Waals surface area contributed by atoms with E-state index in [-0.39, 0.29) is 17.6 Å². The molecule has 1 saturated carbocycles. The molecule has 0 bridgehead atoms. The van der Waals surface area contributed by atoms with Crippen molar-refractivity contribution in [1.82, 2.24) is 0 Å². The minimum atomic E-state index is -0.651. The third-order valence-electron chi connectivity index (χ3n) is 3.94. The van der Waals surface area contributed by atoms with E-state index >= 15 is 0 Å². The van der Waals surface area contributed by atoms with Gasteiger partial charge in [0.25, 0.3) is 5.91 Å². The van der Waals surface area contributed by atoms with Gasteiger partial charge in [0.2, 0.25) is 0 Å². The number of amides is 1. The highest BCUT2D eigenvalue weighted by Crippen LogP contribution is 2.45. The van der Waals surface area contributed by atoms with Crippen LogP contribution in [0.3, 0.4) is 0 Å². The smallest absolute Gasteiger partial charge is 0.291 e. The second kappa shape index (κ2) is 6.34. The number of furan rings is 1. The second-order valence-corrected chi connectivity index (χ2v) is 5.51. The topological polar surface area (TPSA) is 80.9 Å². The van der Waals surface area contributed by atoms with Crippen molar-refractivity contribution in [3.05, 3.63) is 41.9 Å². The number of rotatable bonds is 6. The first-order valence-corrected chi connectivity index (χ1v) is 7.43. The van der Waals surface area contributed by atoms with Crippen LogP contribution in [0.1, 0.15) is 35.1 Å². The first-order chi connectivity index (χ1) is 11.1. The number of methoxy groups -OCH3 is 2. The Kier molecular flexibility index (Phi) is 4.25. The van der Waals surface area contributed by atoms with E-state index in [0.29, 0.717) is 22.7 Å². The van der Waals surface area contributed by atoms with Crippen molar-refractivity contribution in [3.8, 4) is 11.5 Å². The third kappa shape index (κ3) is 3.17. The summed E-state index contributed by atoms with van der Waals surface area (Å²) in [6.45, 7) is 0. The van der Waals surface area contributed by atoms with Crippen LogP contribution >= 0.6 is 0 Å². The Labute approximate surface area is 134 Å². The number of hydrogen-bond donors (Lipinski definition) is 2. The number of aliphatic hydroxyl groups is 1. The zero-order valence-electron chi connectivity index (χ0n) is 13.0. The van der Waals surface area contributed by atoms with Gasteiger partial charge in [-0.15, -0.1) is 0 Å². The maximum Gasteiger partial charge on any atom is 0.291 e. The number of ether oxygens (including phenoxy) is 2. The van der Waals surface area contributed by atoms with Crippen LogP contribution in [0.2, 0.25) is 0 Å². The first-order valence-electron chi connectivity index (χ1n) is 7.43. The predicted molar refractivity (Wildman–Crippen MR) is 83.9 cm³/mol. The summed E-state index contributed by atoms with van der Waals surface area (Å²) in [6.07, 6.45) is 2.73. The minimum Gasteiger partial charge on any atom is -0.493 e. The number of hydrogen-bond acceptors (Lipinski definition) is 5. The van der Waals surface area contributed by atoms with Crippen molar-refractivity contribution in [2.45, 2.75) is 18.9 Å². The maximum absolute atomic E-state index is 12.2. The summed E-state index contributed by atoms with van der Waals surface area (Å²) in [7, 11) is 3.05. The van der Waals surface area contributed by atoms with E-state index in [1.54, 1.807) is 24.3 Å². The molecule has 1 aromatic heterocycles. The Bertz CT molecular complexity index is 691. The molecule has 3 rings (SSSR count). The van der Waals surface area contributed by atoms with Gasteiger partial charge in [0, 0.05) is 11.6 Å². The fourth-order valence-corrected chi connectivity index (χ4v) is 2.51. The van der Waals surface area contributed by atoms with E-state index in [2.05, 4.69) is 5.32 Å². The number of carbonyl (C=O) groups excluding carboxylic acids is 1. The van der Waals surface area contributed by atoms with Gasteiger partial charge in [-0.3, -0.25) is 4.79 Å². The fraction of sp³-hybridized carbons (Fsp3) is 0.353. The van der Waals surface area contributed by atoms with Crippen LogP contribution in [0, 0.1) is 5.92 Å². The monoisotopic (exact) mass is 317 g/mol. The molecule has 122 valence electrons. The van der Waals surface area contributed by atoms with Crippen LogP contribution in [0.15, 0.2) is 34.9 Å². The van der Waals surface area contributed by atoms with Gasteiger partial charge in [0.05, 0.1) is 32.3 Å². The van der Waals surface area contributed by atoms with Crippen molar-refractivity contribution in [3.63, 3.8) is 0 Å². The molecule has 1 aromatic carbocycles. The molecule has 1 amide bonds. The van der Waals surface area contributed by atoms with Crippen LogP contribution < -0.4 is 14.8 Å². The average Bonchev–Trinajstić information content (AvgIpc) is 3.27. The summed E-state index contributed by atoms with van der Waals surface area (Å²) in [5, 5.41) is 13.3. The van der Waals surface area contributed by atoms with E-state index in [4.69, 9.17) is 13.9 Å². The van der Waals surface area contributed by atoms with Crippen molar-refractivity contribution in [2.24, 2.45) is 5.92 Å². The SMILES string of the molecule is COc1cc(NC(=O)c2ccco2)c([C@H](O)C2CC2)cc1OC. The number of nitrogens with one attached hydrogen (secondary N) is 1. The highest BCUT2D eigenvalue weighted by molar-refractivity contribution is 6.02. The summed E-state index contributed by atoms with van der Waals surface area (Å²) < 4.78 is 15.7. The molecule has 0 saturated heterocycles. The summed E-state index contributed by atoms with van der Waals surface area (Å²) in [5.41, 5.74) is 1.11. The second-order valence-electron chi connectivity index (χ2n) is 5.51. The van der Waals surface area contributed by atoms with Gasteiger partial charge in [0.15, 0.2) is 17.3 Å². The molecule has 0 spiro atoms. The number of aliphatic hydroxyl groups excluding tert-OH is 1. The van der Waals surface area contributed by atoms with Crippen molar-refractivity contribution < 1.29 is 23.8 Å². The van der Waals surface area contributed by atoms with Gasteiger partial charge >= 0.3 is 0 Å². The highest BCUT2D eigenvalue weighted by atomic mass is 16.5. The molecule has 1 fully saturated rings. The molecule has 1 heterocycles. The van der Waals surface area contributed by atoms with E-state index in [1.807, 2.05) is 0 Å². The molecule has 6 nitrogen and oxygen atoms in total. The van der Waals surface area contributed by atoms with Gasteiger partial charge < -0.3 is 24.3 Å². The normalized spacial score (nSPS) is 15.1. The van der Waals surface area contributed by atoms with E-state index in [0.717, 1.165) is 12.8 Å². The Balaban J connectivity index is 1.96. The summed E-state index contributed by atoms with van der Waals surface area (Å²) in [5.74, 6) is 1.03. The molecular weight excluding hydrogens is 298 g/mol. The lowest BCUT2D eigenvalue weighted by Gasteiger charge is -2.19. The molecule has 1 atom stereocenters. The molecule has 0 unspecified atom stereocenters. The van der Waals surface area contributed by atoms with Crippen molar-refractivity contribution in [2.75, 3.05) is 19.5 Å². The van der Waals surface area contributed by atoms with Gasteiger partial charge in [-0.25, -0.2) is 0 Å². The minimum absolute atomic E-state index is 0.201. The highest BCUT2D eigenvalue weighted by Gasteiger charge is 2.33. The van der Waals surface area contributed by atoms with Crippen LogP contribution in [0.25, 0.3) is 0 Å². The molecule has 23 heavy (non-hydrogen) atoms. The zero-order chi connectivity index (χ0) is 16.4. The van der Waals surface area contributed by atoms with Gasteiger partial charge in [0.1, 0.15) is 0 Å². The summed E-state index contributed by atoms with van der Waals surface area (Å²) >= 11 is 0. The van der Waals surface area contributed by atoms with Crippen LogP contribution in [-0.2, 0) is 0 Å². The van der Waals surface area contributed by atoms with Gasteiger partial charge in [-0.2, -0.15) is 0 Å². The van der Waals surface area contributed by atoms with Crippen molar-refractivity contribution in [1.29, 1.82) is 0 Å². The average molecular weight is 317 g/mol. The molecule has 2 aromatic rings. The van der Waals surface area contributed by atoms with Crippen LogP contribution in [0.4, 0.5) is 5.69 Å². The molecule has 0 radical (unpaired) electrons. The lowest BCUT2D eigenvalue weighted by Crippen LogP contribution is -2.14. The summed E-state index contributed by atoms with van der Waals surface area (Å²) in [6, 6.07) is 6.58. The lowest BCUT2D eigenvalue weighted by atomic mass is 10.0. The number of anilines is 1. The molecule has 6 heteroatoms. The third-order valence-corrected chi connectivity index (χ3v) is 3.94. The predicted octanol–water partition coefficient (Wildman–Crippen LogP) is 2.99. The van der Waals surface area contributed by atoms with Gasteiger partial charge in [-0.1, -0.05) is 0 Å². The largest absolute Gasteiger partial charge is 0.493 e. The number of benzene rings is 1. The molecule has 1 aliphatic carbocycles. The van der Waals surface area contributed by atoms with Gasteiger partial charge in [-0.05, 0) is 37.0 Å². The van der Waals surface area contributed by atoms with Crippen LogP contribution in [-0.4, -0.2) is 25.2 Å². The summed E-state index contributed by atoms with van der Waals surface area (Å²) in [4.78, 5) is 12.2. The lowest BCUT2D eigenvalue weighted by molar-refractivity contribution is 0.0996. The molecule has 0 aliphatic heterocycles. The maximum atomic E-state index is 12.2. The van der Waals surface area contributed by atoms with Crippen molar-refractivity contribution >= 4 is 11.6 Å². The Hall–Kier alpha value is -2.47. The molecular formula is C17H19NO5. The number of carbonyl (C=O) groups is 1. The van der Waals surface area contributed by atoms with E-state index < -0.39 is 6.10 Å². The Morgan fingerprint density at radius 2 is 2.00 bits per heavy atom. The molecule has 1 aliphatic rings. The van der Waals surface area contributed by atoms with E-state index in [1.165, 1.54) is 20.5 Å². The standard InChI is InChI=1S/C17H19NO5/c1-21-14-8-11(16(19)10-5-6-10)12(9-15(14)22-2)18-17(20)13-4-3-7-23-13/h3-4,7-10,16,19H,5-6H2,1-2H3,(H,18,20)/t16-/m1/s1.